The van der Waals surface area contributed by atoms with Gasteiger partial charge in [-0.2, -0.15) is 4.98 Å². The van der Waals surface area contributed by atoms with Gasteiger partial charge in [-0.1, -0.05) is 19.3 Å². The number of pyridine rings is 1. The minimum absolute atomic E-state index is 0.00190. The molecule has 1 aromatic carbocycles. The number of nitrogen functional groups attached to an aromatic ring is 2. The highest BCUT2D eigenvalue weighted by molar-refractivity contribution is 5.94. The molecule has 0 aliphatic heterocycles. The molecule has 30 heavy (non-hydrogen) atoms. The number of hydrogen-bond acceptors (Lipinski definition) is 7. The van der Waals surface area contributed by atoms with Crippen molar-refractivity contribution >= 4 is 34.4 Å². The number of carbonyl (C=O) groups is 1. The van der Waals surface area contributed by atoms with Crippen molar-refractivity contribution in [3.63, 3.8) is 0 Å². The van der Waals surface area contributed by atoms with Gasteiger partial charge in [0.1, 0.15) is 5.52 Å². The summed E-state index contributed by atoms with van der Waals surface area (Å²) in [5.41, 5.74) is 15.3. The Balaban J connectivity index is 1.43. The average molecular weight is 406 g/mol. The van der Waals surface area contributed by atoms with Crippen molar-refractivity contribution < 1.29 is 4.79 Å². The zero-order chi connectivity index (χ0) is 21.1. The maximum atomic E-state index is 12.5. The maximum absolute atomic E-state index is 12.5. The van der Waals surface area contributed by atoms with Gasteiger partial charge in [0, 0.05) is 24.3 Å². The summed E-state index contributed by atoms with van der Waals surface area (Å²) in [6.45, 7) is 0.577. The number of hydrogen-bond donors (Lipinski definition) is 3. The minimum Gasteiger partial charge on any atom is -0.382 e. The molecule has 0 spiro atoms. The first-order valence-electron chi connectivity index (χ1n) is 10.3. The molecule has 2 aromatic heterocycles. The summed E-state index contributed by atoms with van der Waals surface area (Å²) in [5.74, 6) is 0.414. The van der Waals surface area contributed by atoms with Crippen molar-refractivity contribution in [3.05, 3.63) is 47.7 Å². The van der Waals surface area contributed by atoms with E-state index in [4.69, 9.17) is 11.5 Å². The number of anilines is 3. The van der Waals surface area contributed by atoms with Crippen LogP contribution in [0.5, 0.6) is 0 Å². The Kier molecular flexibility index (Phi) is 5.65. The Morgan fingerprint density at radius 3 is 2.50 bits per heavy atom. The van der Waals surface area contributed by atoms with Gasteiger partial charge in [-0.25, -0.2) is 9.97 Å². The molecule has 1 amide bonds. The Bertz CT molecular complexity index is 1050. The molecule has 4 rings (SSSR count). The Hall–Kier alpha value is -3.42. The molecule has 1 saturated carbocycles. The maximum Gasteiger partial charge on any atom is 0.251 e. The van der Waals surface area contributed by atoms with Crippen LogP contribution < -0.4 is 21.7 Å². The number of amides is 1. The summed E-state index contributed by atoms with van der Waals surface area (Å²) in [7, 11) is 1.98. The molecule has 0 saturated heterocycles. The first-order chi connectivity index (χ1) is 14.5. The lowest BCUT2D eigenvalue weighted by Crippen LogP contribution is -2.36. The van der Waals surface area contributed by atoms with Crippen LogP contribution in [0.3, 0.4) is 0 Å². The van der Waals surface area contributed by atoms with Crippen LogP contribution in [0.1, 0.15) is 48.2 Å². The lowest BCUT2D eigenvalue weighted by Gasteiger charge is -2.23. The van der Waals surface area contributed by atoms with Gasteiger partial charge >= 0.3 is 0 Å². The van der Waals surface area contributed by atoms with Gasteiger partial charge in [0.05, 0.1) is 17.8 Å². The third-order valence-electron chi connectivity index (χ3n) is 5.55. The number of rotatable bonds is 5. The third kappa shape index (κ3) is 4.42. The molecule has 8 heteroatoms. The number of aromatic nitrogens is 3. The van der Waals surface area contributed by atoms with Gasteiger partial charge in [-0.15, -0.1) is 0 Å². The van der Waals surface area contributed by atoms with Crippen LogP contribution in [0, 0.1) is 0 Å². The number of carbonyl (C=O) groups excluding carboxylic acids is 1. The summed E-state index contributed by atoms with van der Waals surface area (Å²) in [6.07, 6.45) is 5.82. The number of nitrogens with two attached hydrogens (primary N) is 2. The van der Waals surface area contributed by atoms with Crippen molar-refractivity contribution in [2.75, 3.05) is 23.4 Å². The van der Waals surface area contributed by atoms with Crippen LogP contribution in [-0.4, -0.2) is 33.9 Å². The molecule has 0 unspecified atom stereocenters. The van der Waals surface area contributed by atoms with Crippen LogP contribution in [0.4, 0.5) is 17.5 Å². The molecule has 0 radical (unpaired) electrons. The molecule has 1 aliphatic carbocycles. The summed E-state index contributed by atoms with van der Waals surface area (Å²) in [6, 6.07) is 11.7. The highest BCUT2D eigenvalue weighted by Gasteiger charge is 2.17. The normalized spacial score (nSPS) is 14.6. The zero-order valence-electron chi connectivity index (χ0n) is 17.1. The molecular weight excluding hydrogens is 378 g/mol. The van der Waals surface area contributed by atoms with Gasteiger partial charge in [-0.3, -0.25) is 4.79 Å². The fourth-order valence-electron chi connectivity index (χ4n) is 3.90. The van der Waals surface area contributed by atoms with E-state index in [2.05, 4.69) is 25.2 Å². The van der Waals surface area contributed by atoms with Crippen molar-refractivity contribution in [1.82, 2.24) is 20.3 Å². The lowest BCUT2D eigenvalue weighted by molar-refractivity contribution is 0.0927. The second-order valence-corrected chi connectivity index (χ2v) is 7.85. The third-order valence-corrected chi connectivity index (χ3v) is 5.55. The molecule has 2 heterocycles. The van der Waals surface area contributed by atoms with Gasteiger partial charge in [0.25, 0.3) is 5.91 Å². The van der Waals surface area contributed by atoms with E-state index in [9.17, 15) is 4.79 Å². The highest BCUT2D eigenvalue weighted by Crippen LogP contribution is 2.21. The van der Waals surface area contributed by atoms with Gasteiger partial charge in [0.15, 0.2) is 5.82 Å². The topological polar surface area (TPSA) is 123 Å². The average Bonchev–Trinajstić information content (AvgIpc) is 2.75. The predicted octanol–water partition coefficient (Wildman–Crippen LogP) is 2.89. The van der Waals surface area contributed by atoms with Crippen molar-refractivity contribution in [1.29, 1.82) is 0 Å². The summed E-state index contributed by atoms with van der Waals surface area (Å²) >= 11 is 0. The minimum atomic E-state index is 0.00190. The van der Waals surface area contributed by atoms with Gasteiger partial charge < -0.3 is 21.7 Å². The van der Waals surface area contributed by atoms with Crippen LogP contribution in [-0.2, 0) is 6.54 Å². The van der Waals surface area contributed by atoms with Gasteiger partial charge in [0.2, 0.25) is 5.95 Å². The van der Waals surface area contributed by atoms with E-state index in [0.29, 0.717) is 29.2 Å². The Labute approximate surface area is 175 Å². The first-order valence-corrected chi connectivity index (χ1v) is 10.3. The van der Waals surface area contributed by atoms with Gasteiger partial charge in [-0.05, 0) is 49.2 Å². The van der Waals surface area contributed by atoms with Crippen LogP contribution in [0.15, 0.2) is 36.4 Å². The Morgan fingerprint density at radius 1 is 1.03 bits per heavy atom. The molecule has 0 atom stereocenters. The van der Waals surface area contributed by atoms with E-state index >= 15 is 0 Å². The summed E-state index contributed by atoms with van der Waals surface area (Å²) in [5, 5.41) is 3.15. The SMILES string of the molecule is CN(Cc1ccc2nc(N)nc(N)c2n1)c1ccc(C(=O)NC2CCCCC2)cc1. The number of fused-ring (bicyclic) bond motifs is 1. The highest BCUT2D eigenvalue weighted by atomic mass is 16.1. The summed E-state index contributed by atoms with van der Waals surface area (Å²) in [4.78, 5) is 27.3. The molecule has 8 nitrogen and oxygen atoms in total. The molecule has 1 aliphatic rings. The summed E-state index contributed by atoms with van der Waals surface area (Å²) < 4.78 is 0. The van der Waals surface area contributed by atoms with Crippen molar-refractivity contribution in [3.8, 4) is 0 Å². The van der Waals surface area contributed by atoms with E-state index in [0.717, 1.165) is 24.2 Å². The number of nitrogens with one attached hydrogen (secondary N) is 1. The molecule has 156 valence electrons. The standard InChI is InChI=1S/C22H27N7O/c1-29(13-16-9-12-18-19(25-16)20(23)28-22(24)27-18)17-10-7-14(8-11-17)21(30)26-15-5-3-2-4-6-15/h7-12,15H,2-6,13H2,1H3,(H,26,30)(H4,23,24,27,28). The fraction of sp³-hybridized carbons (Fsp3) is 0.364. The number of benzene rings is 1. The van der Waals surface area contributed by atoms with E-state index in [1.54, 1.807) is 0 Å². The van der Waals surface area contributed by atoms with Crippen LogP contribution >= 0.6 is 0 Å². The second kappa shape index (κ2) is 8.52. The largest absolute Gasteiger partial charge is 0.382 e. The van der Waals surface area contributed by atoms with Crippen LogP contribution in [0.25, 0.3) is 11.0 Å². The van der Waals surface area contributed by atoms with Crippen molar-refractivity contribution in [2.45, 2.75) is 44.7 Å². The smallest absolute Gasteiger partial charge is 0.251 e. The fourth-order valence-corrected chi connectivity index (χ4v) is 3.90. The monoisotopic (exact) mass is 405 g/mol. The molecular formula is C22H27N7O. The second-order valence-electron chi connectivity index (χ2n) is 7.85. The quantitative estimate of drug-likeness (QED) is 0.596. The first kappa shape index (κ1) is 19.9. The lowest BCUT2D eigenvalue weighted by atomic mass is 9.95. The van der Waals surface area contributed by atoms with Crippen molar-refractivity contribution in [2.24, 2.45) is 0 Å². The van der Waals surface area contributed by atoms with E-state index in [1.807, 2.05) is 43.4 Å². The van der Waals surface area contributed by atoms with E-state index in [1.165, 1.54) is 19.3 Å². The molecule has 3 aromatic rings. The van der Waals surface area contributed by atoms with E-state index in [-0.39, 0.29) is 17.7 Å². The van der Waals surface area contributed by atoms with E-state index < -0.39 is 0 Å². The predicted molar refractivity (Wildman–Crippen MR) is 119 cm³/mol. The number of nitrogens with zero attached hydrogens (tertiary/aromatic N) is 4. The molecule has 1 fully saturated rings. The molecule has 0 bridgehead atoms. The molecule has 5 N–H and O–H groups in total. The van der Waals surface area contributed by atoms with Crippen LogP contribution in [0.2, 0.25) is 0 Å². The Morgan fingerprint density at radius 2 is 1.77 bits per heavy atom. The zero-order valence-corrected chi connectivity index (χ0v) is 17.1.